The van der Waals surface area contributed by atoms with E-state index >= 15 is 0 Å². The third-order valence-corrected chi connectivity index (χ3v) is 6.69. The maximum absolute atomic E-state index is 12.8. The summed E-state index contributed by atoms with van der Waals surface area (Å²) in [6, 6.07) is 11.8. The van der Waals surface area contributed by atoms with Gasteiger partial charge in [-0.1, -0.05) is 12.1 Å². The number of fused-ring (bicyclic) bond motifs is 1. The molecular weight excluding hydrogens is 462 g/mol. The summed E-state index contributed by atoms with van der Waals surface area (Å²) in [6.07, 6.45) is 0.244. The summed E-state index contributed by atoms with van der Waals surface area (Å²) < 4.78 is 12.2. The summed E-state index contributed by atoms with van der Waals surface area (Å²) in [4.78, 5) is 41.5. The van der Waals surface area contributed by atoms with Gasteiger partial charge in [-0.05, 0) is 63.2 Å². The molecular formula is C26H33N5O5. The van der Waals surface area contributed by atoms with Gasteiger partial charge >= 0.3 is 11.8 Å². The number of likely N-dealkylation sites (N-methyl/N-ethyl adjacent to an activating group) is 1. The van der Waals surface area contributed by atoms with Crippen LogP contribution in [0.1, 0.15) is 36.2 Å². The number of piperazine rings is 1. The first-order valence-corrected chi connectivity index (χ1v) is 12.1. The fourth-order valence-electron chi connectivity index (χ4n) is 4.48. The molecule has 2 aromatic carbocycles. The molecule has 0 saturated carbocycles. The highest BCUT2D eigenvalue weighted by atomic mass is 16.5. The SMILES string of the molecule is CN1CCN(CCCOC(=O)Nc2cccc(C(C)(C)n3c(=O)oc4ccc(C(N)=O)cc43)c2)CC1. The van der Waals surface area contributed by atoms with Gasteiger partial charge in [0, 0.05) is 44.0 Å². The maximum Gasteiger partial charge on any atom is 0.420 e. The Hall–Kier alpha value is -3.63. The van der Waals surface area contributed by atoms with Crippen molar-refractivity contribution in [2.45, 2.75) is 25.8 Å². The molecule has 0 bridgehead atoms. The van der Waals surface area contributed by atoms with Crippen molar-refractivity contribution < 1.29 is 18.7 Å². The van der Waals surface area contributed by atoms with Crippen LogP contribution >= 0.6 is 0 Å². The van der Waals surface area contributed by atoms with E-state index in [0.717, 1.165) is 44.7 Å². The molecule has 1 fully saturated rings. The van der Waals surface area contributed by atoms with Gasteiger partial charge in [-0.15, -0.1) is 0 Å². The summed E-state index contributed by atoms with van der Waals surface area (Å²) in [5.41, 5.74) is 6.95. The lowest BCUT2D eigenvalue weighted by Gasteiger charge is -2.32. The minimum Gasteiger partial charge on any atom is -0.449 e. The number of ether oxygens (including phenoxy) is 1. The molecule has 4 rings (SSSR count). The number of primary amides is 1. The lowest BCUT2D eigenvalue weighted by molar-refractivity contribution is 0.1000. The van der Waals surface area contributed by atoms with E-state index in [1.54, 1.807) is 30.3 Å². The smallest absolute Gasteiger partial charge is 0.420 e. The number of carbonyl (C=O) groups excluding carboxylic acids is 2. The van der Waals surface area contributed by atoms with Crippen LogP contribution in [0.25, 0.3) is 11.1 Å². The van der Waals surface area contributed by atoms with Crippen molar-refractivity contribution in [1.29, 1.82) is 0 Å². The van der Waals surface area contributed by atoms with Gasteiger partial charge in [0.25, 0.3) is 0 Å². The quantitative estimate of drug-likeness (QED) is 0.461. The zero-order chi connectivity index (χ0) is 25.9. The average Bonchev–Trinajstić information content (AvgIpc) is 3.18. The van der Waals surface area contributed by atoms with Gasteiger partial charge < -0.3 is 24.7 Å². The molecule has 10 heteroatoms. The second-order valence-electron chi connectivity index (χ2n) is 9.65. The number of rotatable bonds is 8. The number of nitrogens with two attached hydrogens (primary N) is 1. The number of carbonyl (C=O) groups is 2. The van der Waals surface area contributed by atoms with Crippen LogP contribution in [-0.4, -0.2) is 72.7 Å². The van der Waals surface area contributed by atoms with Gasteiger partial charge in [-0.2, -0.15) is 0 Å². The predicted molar refractivity (Wildman–Crippen MR) is 137 cm³/mol. The number of hydrogen-bond acceptors (Lipinski definition) is 7. The topological polar surface area (TPSA) is 123 Å². The Kier molecular flexibility index (Phi) is 7.46. The average molecular weight is 496 g/mol. The van der Waals surface area contributed by atoms with Gasteiger partial charge in [-0.3, -0.25) is 14.7 Å². The van der Waals surface area contributed by atoms with E-state index in [4.69, 9.17) is 14.9 Å². The minimum absolute atomic E-state index is 0.277. The molecule has 0 radical (unpaired) electrons. The Morgan fingerprint density at radius 1 is 1.11 bits per heavy atom. The highest BCUT2D eigenvalue weighted by Gasteiger charge is 2.29. The summed E-state index contributed by atoms with van der Waals surface area (Å²) >= 11 is 0. The molecule has 0 aliphatic carbocycles. The Labute approximate surface area is 209 Å². The van der Waals surface area contributed by atoms with Crippen molar-refractivity contribution in [3.05, 3.63) is 64.1 Å². The van der Waals surface area contributed by atoms with Crippen LogP contribution in [0.3, 0.4) is 0 Å². The number of nitrogens with zero attached hydrogens (tertiary/aromatic N) is 3. The highest BCUT2D eigenvalue weighted by Crippen LogP contribution is 2.30. The summed E-state index contributed by atoms with van der Waals surface area (Å²) in [6.45, 7) is 9.13. The van der Waals surface area contributed by atoms with Crippen molar-refractivity contribution in [3.8, 4) is 0 Å². The van der Waals surface area contributed by atoms with Gasteiger partial charge in [0.2, 0.25) is 5.91 Å². The lowest BCUT2D eigenvalue weighted by Crippen LogP contribution is -2.44. The Morgan fingerprint density at radius 2 is 1.86 bits per heavy atom. The fraction of sp³-hybridized carbons (Fsp3) is 0.423. The third-order valence-electron chi connectivity index (χ3n) is 6.69. The number of amides is 2. The van der Waals surface area contributed by atoms with E-state index in [1.807, 2.05) is 19.9 Å². The van der Waals surface area contributed by atoms with Gasteiger partial charge in [0.15, 0.2) is 5.58 Å². The standard InChI is InChI=1S/C26H33N5O5/c1-26(2,31-21-16-18(23(27)32)8-9-22(21)36-25(31)34)19-6-4-7-20(17-19)28-24(33)35-15-5-10-30-13-11-29(3)12-14-30/h4,6-9,16-17H,5,10-15H2,1-3H3,(H2,27,32)(H,28,33). The monoisotopic (exact) mass is 495 g/mol. The fourth-order valence-corrected chi connectivity index (χ4v) is 4.48. The first-order valence-electron chi connectivity index (χ1n) is 12.1. The zero-order valence-corrected chi connectivity index (χ0v) is 21.0. The normalized spacial score (nSPS) is 15.2. The maximum atomic E-state index is 12.8. The molecule has 3 aromatic rings. The van der Waals surface area contributed by atoms with E-state index in [9.17, 15) is 14.4 Å². The van der Waals surface area contributed by atoms with Crippen molar-refractivity contribution >= 4 is 28.8 Å². The van der Waals surface area contributed by atoms with Crippen LogP contribution in [0.15, 0.2) is 51.7 Å². The largest absolute Gasteiger partial charge is 0.449 e. The number of oxazole rings is 1. The summed E-state index contributed by atoms with van der Waals surface area (Å²) in [7, 11) is 2.12. The van der Waals surface area contributed by atoms with E-state index in [0.29, 0.717) is 23.4 Å². The first kappa shape index (κ1) is 25.5. The zero-order valence-electron chi connectivity index (χ0n) is 21.0. The van der Waals surface area contributed by atoms with Crippen LogP contribution in [0.2, 0.25) is 0 Å². The molecule has 1 aliphatic rings. The molecule has 1 aliphatic heterocycles. The highest BCUT2D eigenvalue weighted by molar-refractivity contribution is 5.96. The molecule has 192 valence electrons. The molecule has 1 saturated heterocycles. The minimum atomic E-state index is -0.858. The number of aromatic nitrogens is 1. The van der Waals surface area contributed by atoms with E-state index in [-0.39, 0.29) is 5.56 Å². The Morgan fingerprint density at radius 3 is 2.58 bits per heavy atom. The van der Waals surface area contributed by atoms with Crippen molar-refractivity contribution in [3.63, 3.8) is 0 Å². The number of anilines is 1. The molecule has 2 heterocycles. The van der Waals surface area contributed by atoms with Crippen LogP contribution < -0.4 is 16.8 Å². The van der Waals surface area contributed by atoms with Gasteiger partial charge in [-0.25, -0.2) is 9.59 Å². The predicted octanol–water partition coefficient (Wildman–Crippen LogP) is 2.66. The van der Waals surface area contributed by atoms with Crippen LogP contribution in [0.5, 0.6) is 0 Å². The molecule has 2 amide bonds. The molecule has 36 heavy (non-hydrogen) atoms. The first-order chi connectivity index (χ1) is 17.1. The van der Waals surface area contributed by atoms with E-state index in [2.05, 4.69) is 22.2 Å². The molecule has 0 spiro atoms. The molecule has 3 N–H and O–H groups in total. The van der Waals surface area contributed by atoms with Gasteiger partial charge in [0.1, 0.15) is 0 Å². The second kappa shape index (κ2) is 10.5. The van der Waals surface area contributed by atoms with Crippen molar-refractivity contribution in [1.82, 2.24) is 14.4 Å². The molecule has 1 aromatic heterocycles. The van der Waals surface area contributed by atoms with Crippen molar-refractivity contribution in [2.75, 3.05) is 51.7 Å². The molecule has 0 unspecified atom stereocenters. The Balaban J connectivity index is 1.42. The second-order valence-corrected chi connectivity index (χ2v) is 9.65. The van der Waals surface area contributed by atoms with Crippen molar-refractivity contribution in [2.24, 2.45) is 5.73 Å². The molecule has 0 atom stereocenters. The molecule has 10 nitrogen and oxygen atoms in total. The Bertz CT molecular complexity index is 1300. The van der Waals surface area contributed by atoms with E-state index in [1.165, 1.54) is 10.6 Å². The lowest BCUT2D eigenvalue weighted by atomic mass is 9.93. The van der Waals surface area contributed by atoms with Crippen LogP contribution in [0.4, 0.5) is 10.5 Å². The van der Waals surface area contributed by atoms with Crippen LogP contribution in [-0.2, 0) is 10.3 Å². The third kappa shape index (κ3) is 5.60. The van der Waals surface area contributed by atoms with E-state index < -0.39 is 23.3 Å². The van der Waals surface area contributed by atoms with Crippen LogP contribution in [0, 0.1) is 0 Å². The number of nitrogens with one attached hydrogen (secondary N) is 1. The summed E-state index contributed by atoms with van der Waals surface area (Å²) in [5, 5.41) is 2.77. The summed E-state index contributed by atoms with van der Waals surface area (Å²) in [5.74, 6) is -1.15. The number of hydrogen-bond donors (Lipinski definition) is 2. The number of benzene rings is 2. The van der Waals surface area contributed by atoms with Gasteiger partial charge in [0.05, 0.1) is 17.7 Å².